The van der Waals surface area contributed by atoms with Crippen molar-refractivity contribution in [3.63, 3.8) is 0 Å². The number of nitrogen functional groups attached to an aromatic ring is 1. The molecule has 0 aliphatic heterocycles. The highest BCUT2D eigenvalue weighted by Gasteiger charge is 2.06. The van der Waals surface area contributed by atoms with Crippen LogP contribution in [0.4, 0.5) is 11.5 Å². The summed E-state index contributed by atoms with van der Waals surface area (Å²) >= 11 is 0. The van der Waals surface area contributed by atoms with Crippen LogP contribution in [-0.2, 0) is 4.79 Å². The smallest absolute Gasteiger partial charge is 0.263 e. The van der Waals surface area contributed by atoms with E-state index in [9.17, 15) is 4.79 Å². The number of anilines is 2. The van der Waals surface area contributed by atoms with Crippen molar-refractivity contribution in [3.05, 3.63) is 48.2 Å². The lowest BCUT2D eigenvalue weighted by Gasteiger charge is -2.08. The third-order valence-electron chi connectivity index (χ3n) is 2.50. The number of pyridine rings is 1. The van der Waals surface area contributed by atoms with Crippen LogP contribution < -0.4 is 15.8 Å². The Morgan fingerprint density at radius 1 is 1.37 bits per heavy atom. The van der Waals surface area contributed by atoms with Crippen molar-refractivity contribution in [2.24, 2.45) is 0 Å². The molecule has 0 aliphatic rings. The summed E-state index contributed by atoms with van der Waals surface area (Å²) in [4.78, 5) is 15.8. The molecule has 0 saturated heterocycles. The van der Waals surface area contributed by atoms with Crippen molar-refractivity contribution in [2.75, 3.05) is 17.7 Å². The molecule has 2 aromatic rings. The average molecular weight is 257 g/mol. The fourth-order valence-corrected chi connectivity index (χ4v) is 1.54. The molecule has 0 atom stereocenters. The molecular formula is C14H15N3O2. The number of aryl methyl sites for hydroxylation is 1. The standard InChI is InChI=1S/C14H15N3O2/c1-10-4-3-7-16-14(10)17-13(18)9-19-12-6-2-5-11(15)8-12/h2-8H,9,15H2,1H3,(H,16,17,18). The summed E-state index contributed by atoms with van der Waals surface area (Å²) in [6, 6.07) is 10.6. The van der Waals surface area contributed by atoms with Crippen molar-refractivity contribution in [1.29, 1.82) is 0 Å². The van der Waals surface area contributed by atoms with Crippen molar-refractivity contribution < 1.29 is 9.53 Å². The molecule has 0 aliphatic carbocycles. The van der Waals surface area contributed by atoms with E-state index in [1.807, 2.05) is 19.1 Å². The largest absolute Gasteiger partial charge is 0.484 e. The Morgan fingerprint density at radius 2 is 2.21 bits per heavy atom. The van der Waals surface area contributed by atoms with Crippen LogP contribution in [0.2, 0.25) is 0 Å². The molecule has 0 saturated carbocycles. The highest BCUT2D eigenvalue weighted by molar-refractivity contribution is 5.91. The summed E-state index contributed by atoms with van der Waals surface area (Å²) in [5.41, 5.74) is 7.12. The number of hydrogen-bond acceptors (Lipinski definition) is 4. The van der Waals surface area contributed by atoms with E-state index in [1.165, 1.54) is 0 Å². The Labute approximate surface area is 111 Å². The van der Waals surface area contributed by atoms with Gasteiger partial charge in [-0.15, -0.1) is 0 Å². The number of benzene rings is 1. The average Bonchev–Trinajstić information content (AvgIpc) is 2.39. The third kappa shape index (κ3) is 3.70. The van der Waals surface area contributed by atoms with Gasteiger partial charge in [-0.3, -0.25) is 4.79 Å². The van der Waals surface area contributed by atoms with Gasteiger partial charge in [-0.25, -0.2) is 4.98 Å². The zero-order valence-corrected chi connectivity index (χ0v) is 10.6. The fraction of sp³-hybridized carbons (Fsp3) is 0.143. The van der Waals surface area contributed by atoms with Crippen LogP contribution in [0.25, 0.3) is 0 Å². The Hall–Kier alpha value is -2.56. The van der Waals surface area contributed by atoms with Crippen LogP contribution in [-0.4, -0.2) is 17.5 Å². The molecule has 1 amide bonds. The lowest BCUT2D eigenvalue weighted by Crippen LogP contribution is -2.21. The second-order valence-electron chi connectivity index (χ2n) is 4.08. The van der Waals surface area contributed by atoms with E-state index in [1.54, 1.807) is 30.5 Å². The maximum atomic E-state index is 11.7. The molecule has 0 bridgehead atoms. The van der Waals surface area contributed by atoms with Gasteiger partial charge >= 0.3 is 0 Å². The first-order valence-corrected chi connectivity index (χ1v) is 5.85. The molecule has 19 heavy (non-hydrogen) atoms. The van der Waals surface area contributed by atoms with Gasteiger partial charge in [0.15, 0.2) is 6.61 Å². The van der Waals surface area contributed by atoms with Crippen LogP contribution in [0, 0.1) is 6.92 Å². The number of hydrogen-bond donors (Lipinski definition) is 2. The highest BCUT2D eigenvalue weighted by Crippen LogP contribution is 2.14. The van der Waals surface area contributed by atoms with Gasteiger partial charge in [0.05, 0.1) is 0 Å². The quantitative estimate of drug-likeness (QED) is 0.821. The summed E-state index contributed by atoms with van der Waals surface area (Å²) in [6.45, 7) is 1.79. The molecule has 1 aromatic heterocycles. The lowest BCUT2D eigenvalue weighted by molar-refractivity contribution is -0.118. The Bertz CT molecular complexity index is 584. The van der Waals surface area contributed by atoms with E-state index >= 15 is 0 Å². The second-order valence-corrected chi connectivity index (χ2v) is 4.08. The van der Waals surface area contributed by atoms with Crippen LogP contribution in [0.5, 0.6) is 5.75 Å². The SMILES string of the molecule is Cc1cccnc1NC(=O)COc1cccc(N)c1. The number of carbonyl (C=O) groups excluding carboxylic acids is 1. The zero-order chi connectivity index (χ0) is 13.7. The van der Waals surface area contributed by atoms with Gasteiger partial charge in [0.1, 0.15) is 11.6 Å². The molecule has 3 N–H and O–H groups in total. The van der Waals surface area contributed by atoms with Gasteiger partial charge in [0.25, 0.3) is 5.91 Å². The molecule has 5 heteroatoms. The first kappa shape index (κ1) is 12.9. The normalized spacial score (nSPS) is 9.95. The number of nitrogens with zero attached hydrogens (tertiary/aromatic N) is 1. The molecular weight excluding hydrogens is 242 g/mol. The summed E-state index contributed by atoms with van der Waals surface area (Å²) < 4.78 is 5.34. The first-order chi connectivity index (χ1) is 9.15. The molecule has 2 rings (SSSR count). The van der Waals surface area contributed by atoms with Crippen LogP contribution in [0.3, 0.4) is 0 Å². The summed E-state index contributed by atoms with van der Waals surface area (Å²) in [7, 11) is 0. The van der Waals surface area contributed by atoms with Crippen LogP contribution in [0.1, 0.15) is 5.56 Å². The summed E-state index contributed by atoms with van der Waals surface area (Å²) in [6.07, 6.45) is 1.63. The van der Waals surface area contributed by atoms with Gasteiger partial charge < -0.3 is 15.8 Å². The van der Waals surface area contributed by atoms with Crippen molar-refractivity contribution >= 4 is 17.4 Å². The Balaban J connectivity index is 1.90. The van der Waals surface area contributed by atoms with Gasteiger partial charge in [-0.2, -0.15) is 0 Å². The maximum absolute atomic E-state index is 11.7. The van der Waals surface area contributed by atoms with E-state index < -0.39 is 0 Å². The van der Waals surface area contributed by atoms with Gasteiger partial charge in [-0.1, -0.05) is 12.1 Å². The Morgan fingerprint density at radius 3 is 2.95 bits per heavy atom. The topological polar surface area (TPSA) is 77.2 Å². The lowest BCUT2D eigenvalue weighted by atomic mass is 10.3. The predicted octanol–water partition coefficient (Wildman–Crippen LogP) is 1.99. The number of carbonyl (C=O) groups is 1. The van der Waals surface area contributed by atoms with E-state index in [0.29, 0.717) is 17.3 Å². The Kier molecular flexibility index (Phi) is 3.97. The van der Waals surface area contributed by atoms with Gasteiger partial charge in [0.2, 0.25) is 0 Å². The minimum absolute atomic E-state index is 0.0839. The number of amides is 1. The van der Waals surface area contributed by atoms with Gasteiger partial charge in [-0.05, 0) is 30.7 Å². The van der Waals surface area contributed by atoms with E-state index in [0.717, 1.165) is 5.56 Å². The number of rotatable bonds is 4. The molecule has 5 nitrogen and oxygen atoms in total. The molecule has 0 radical (unpaired) electrons. The molecule has 0 spiro atoms. The number of nitrogens with one attached hydrogen (secondary N) is 1. The number of ether oxygens (including phenoxy) is 1. The van der Waals surface area contributed by atoms with E-state index in [-0.39, 0.29) is 12.5 Å². The van der Waals surface area contributed by atoms with Crippen LogP contribution >= 0.6 is 0 Å². The predicted molar refractivity (Wildman–Crippen MR) is 74.0 cm³/mol. The number of nitrogens with two attached hydrogens (primary N) is 1. The first-order valence-electron chi connectivity index (χ1n) is 5.85. The van der Waals surface area contributed by atoms with Crippen LogP contribution in [0.15, 0.2) is 42.6 Å². The van der Waals surface area contributed by atoms with E-state index in [4.69, 9.17) is 10.5 Å². The van der Waals surface area contributed by atoms with Crippen molar-refractivity contribution in [1.82, 2.24) is 4.98 Å². The van der Waals surface area contributed by atoms with Gasteiger partial charge in [0, 0.05) is 18.0 Å². The monoisotopic (exact) mass is 257 g/mol. The second kappa shape index (κ2) is 5.86. The molecule has 98 valence electrons. The molecule has 0 unspecified atom stereocenters. The number of aromatic nitrogens is 1. The summed E-state index contributed by atoms with van der Waals surface area (Å²) in [5.74, 6) is 0.848. The van der Waals surface area contributed by atoms with Crippen molar-refractivity contribution in [2.45, 2.75) is 6.92 Å². The molecule has 1 heterocycles. The molecule has 1 aromatic carbocycles. The third-order valence-corrected chi connectivity index (χ3v) is 2.50. The molecule has 0 fully saturated rings. The summed E-state index contributed by atoms with van der Waals surface area (Å²) in [5, 5.41) is 2.69. The zero-order valence-electron chi connectivity index (χ0n) is 10.6. The minimum Gasteiger partial charge on any atom is -0.484 e. The maximum Gasteiger partial charge on any atom is 0.263 e. The fourth-order valence-electron chi connectivity index (χ4n) is 1.54. The minimum atomic E-state index is -0.260. The van der Waals surface area contributed by atoms with E-state index in [2.05, 4.69) is 10.3 Å². The van der Waals surface area contributed by atoms with Crippen molar-refractivity contribution in [3.8, 4) is 5.75 Å². The highest BCUT2D eigenvalue weighted by atomic mass is 16.5.